The Bertz CT molecular complexity index is 1440. The van der Waals surface area contributed by atoms with Gasteiger partial charge in [-0.15, -0.1) is 0 Å². The highest BCUT2D eigenvalue weighted by Gasteiger charge is 2.20. The van der Waals surface area contributed by atoms with Crippen molar-refractivity contribution in [1.82, 2.24) is 24.5 Å². The Morgan fingerprint density at radius 2 is 1.94 bits per heavy atom. The number of aryl methyl sites for hydroxylation is 1. The summed E-state index contributed by atoms with van der Waals surface area (Å²) in [5.41, 5.74) is -0.654. The molecule has 0 saturated heterocycles. The van der Waals surface area contributed by atoms with E-state index in [0.717, 1.165) is 0 Å². The number of halogens is 1. The lowest BCUT2D eigenvalue weighted by Crippen LogP contribution is -2.29. The molecule has 3 heterocycles. The normalized spacial score (nSPS) is 11.0. The second-order valence-corrected chi connectivity index (χ2v) is 7.90. The minimum atomic E-state index is -0.657. The quantitative estimate of drug-likeness (QED) is 0.266. The van der Waals surface area contributed by atoms with E-state index in [-0.39, 0.29) is 38.7 Å². The van der Waals surface area contributed by atoms with Crippen molar-refractivity contribution in [3.63, 3.8) is 0 Å². The number of hydrogen-bond acceptors (Lipinski definition) is 8. The number of ketones is 1. The smallest absolute Gasteiger partial charge is 0.329 e. The molecule has 0 radical (unpaired) electrons. The molecule has 0 aliphatic rings. The summed E-state index contributed by atoms with van der Waals surface area (Å²) in [4.78, 5) is 51.4. The van der Waals surface area contributed by atoms with Gasteiger partial charge in [0.15, 0.2) is 10.9 Å². The number of fused-ring (bicyclic) bond motifs is 1. The topological polar surface area (TPSA) is 131 Å². The van der Waals surface area contributed by atoms with Crippen LogP contribution in [0.4, 0.5) is 0 Å². The molecule has 0 amide bonds. The van der Waals surface area contributed by atoms with Crippen molar-refractivity contribution in [2.24, 2.45) is 7.05 Å². The third-order valence-corrected chi connectivity index (χ3v) is 5.66. The summed E-state index contributed by atoms with van der Waals surface area (Å²) in [6.45, 7) is 0. The molecule has 31 heavy (non-hydrogen) atoms. The number of aromatic amines is 1. The molecule has 1 aromatic carbocycles. The van der Waals surface area contributed by atoms with Crippen LogP contribution < -0.4 is 11.2 Å². The van der Waals surface area contributed by atoms with Crippen molar-refractivity contribution in [2.75, 3.05) is 0 Å². The van der Waals surface area contributed by atoms with Crippen LogP contribution in [0.25, 0.3) is 11.0 Å². The first-order chi connectivity index (χ1) is 14.8. The molecule has 0 bridgehead atoms. The number of hydrogen-bond donors (Lipinski definition) is 2. The fraction of sp³-hybridized carbons (Fsp3) is 0.100. The number of carbonyl (C=O) groups is 1. The van der Waals surface area contributed by atoms with Crippen LogP contribution in [0.5, 0.6) is 5.75 Å². The number of carbonyl (C=O) groups excluding carboxylic acids is 1. The Hall–Kier alpha value is -3.50. The summed E-state index contributed by atoms with van der Waals surface area (Å²) >= 11 is 7.46. The molecule has 0 atom stereocenters. The van der Waals surface area contributed by atoms with Gasteiger partial charge in [0.2, 0.25) is 0 Å². The van der Waals surface area contributed by atoms with E-state index in [9.17, 15) is 19.5 Å². The van der Waals surface area contributed by atoms with Gasteiger partial charge in [-0.3, -0.25) is 19.1 Å². The van der Waals surface area contributed by atoms with Crippen LogP contribution in [0.3, 0.4) is 0 Å². The third-order valence-electron chi connectivity index (χ3n) is 4.51. The fourth-order valence-corrected chi connectivity index (χ4v) is 3.97. The molecule has 2 N–H and O–H groups in total. The molecule has 0 fully saturated rings. The monoisotopic (exact) mass is 455 g/mol. The Morgan fingerprint density at radius 1 is 1.19 bits per heavy atom. The van der Waals surface area contributed by atoms with Crippen LogP contribution in [-0.4, -0.2) is 35.4 Å². The molecule has 4 aromatic rings. The molecule has 3 aromatic heterocycles. The maximum atomic E-state index is 13.1. The number of nitrogens with one attached hydrogen (secondary N) is 1. The second kappa shape index (κ2) is 8.32. The van der Waals surface area contributed by atoms with Gasteiger partial charge >= 0.3 is 5.69 Å². The highest BCUT2D eigenvalue weighted by Crippen LogP contribution is 2.33. The first-order valence-corrected chi connectivity index (χ1v) is 10.3. The Morgan fingerprint density at radius 3 is 2.68 bits per heavy atom. The van der Waals surface area contributed by atoms with Crippen LogP contribution in [0.1, 0.15) is 21.5 Å². The van der Waals surface area contributed by atoms with Gasteiger partial charge in [-0.05, 0) is 24.3 Å². The number of benzene rings is 1. The largest absolute Gasteiger partial charge is 0.507 e. The van der Waals surface area contributed by atoms with Crippen LogP contribution in [-0.2, 0) is 12.8 Å². The van der Waals surface area contributed by atoms with Crippen molar-refractivity contribution < 1.29 is 9.90 Å². The summed E-state index contributed by atoms with van der Waals surface area (Å²) in [7, 11) is 1.46. The lowest BCUT2D eigenvalue weighted by molar-refractivity contribution is 0.103. The average Bonchev–Trinajstić information content (AvgIpc) is 2.77. The molecule has 9 nitrogen and oxygen atoms in total. The minimum Gasteiger partial charge on any atom is -0.507 e. The number of pyridine rings is 1. The Kier molecular flexibility index (Phi) is 5.57. The van der Waals surface area contributed by atoms with Crippen LogP contribution in [0, 0.1) is 0 Å². The van der Waals surface area contributed by atoms with Crippen molar-refractivity contribution in [3.8, 4) is 5.75 Å². The predicted octanol–water partition coefficient (Wildman–Crippen LogP) is 2.29. The maximum Gasteiger partial charge on any atom is 0.329 e. The van der Waals surface area contributed by atoms with E-state index in [2.05, 4.69) is 19.9 Å². The minimum absolute atomic E-state index is 0.0283. The first-order valence-electron chi connectivity index (χ1n) is 8.90. The van der Waals surface area contributed by atoms with E-state index in [4.69, 9.17) is 11.6 Å². The number of aromatic hydroxyl groups is 1. The number of rotatable bonds is 5. The number of nitrogens with zero attached hydrogens (tertiary/aromatic N) is 4. The van der Waals surface area contributed by atoms with Crippen LogP contribution in [0.2, 0.25) is 5.02 Å². The summed E-state index contributed by atoms with van der Waals surface area (Å²) in [6, 6.07) is 5.93. The molecule has 4 rings (SSSR count). The van der Waals surface area contributed by atoms with Gasteiger partial charge in [0, 0.05) is 47.5 Å². The zero-order valence-corrected chi connectivity index (χ0v) is 17.6. The second-order valence-electron chi connectivity index (χ2n) is 6.52. The van der Waals surface area contributed by atoms with Gasteiger partial charge in [-0.2, -0.15) is 0 Å². The fourth-order valence-electron chi connectivity index (χ4n) is 2.96. The molecular formula is C20H14ClN5O4S. The van der Waals surface area contributed by atoms with E-state index in [1.165, 1.54) is 41.7 Å². The SMILES string of the molecule is Cn1c(=O)[nH]c(=O)c2cc(C(=O)c3cc(Cl)cc(CSc4ncccn4)c3O)cnc21. The lowest BCUT2D eigenvalue weighted by Gasteiger charge is -2.11. The summed E-state index contributed by atoms with van der Waals surface area (Å²) in [6.07, 6.45) is 4.45. The Balaban J connectivity index is 1.72. The molecule has 11 heteroatoms. The molecule has 156 valence electrons. The number of H-pyrrole nitrogens is 1. The van der Waals surface area contributed by atoms with Gasteiger partial charge in [0.1, 0.15) is 11.4 Å². The Labute approximate surface area is 183 Å². The van der Waals surface area contributed by atoms with Crippen LogP contribution in [0.15, 0.2) is 57.6 Å². The van der Waals surface area contributed by atoms with E-state index in [1.54, 1.807) is 24.5 Å². The number of aromatic nitrogens is 5. The van der Waals surface area contributed by atoms with E-state index in [0.29, 0.717) is 10.7 Å². The van der Waals surface area contributed by atoms with Crippen molar-refractivity contribution in [1.29, 1.82) is 0 Å². The van der Waals surface area contributed by atoms with Gasteiger partial charge in [0.25, 0.3) is 5.56 Å². The highest BCUT2D eigenvalue weighted by molar-refractivity contribution is 7.98. The van der Waals surface area contributed by atoms with Crippen LogP contribution >= 0.6 is 23.4 Å². The van der Waals surface area contributed by atoms with Crippen molar-refractivity contribution in [2.45, 2.75) is 10.9 Å². The third kappa shape index (κ3) is 4.07. The zero-order valence-electron chi connectivity index (χ0n) is 16.0. The molecular weight excluding hydrogens is 442 g/mol. The number of thioether (sulfide) groups is 1. The van der Waals surface area contributed by atoms with Gasteiger partial charge in [-0.1, -0.05) is 23.4 Å². The number of phenolic OH excluding ortho intramolecular Hbond substituents is 1. The standard InChI is InChI=1S/C20H14ClN5O4S/c1-26-17-14(18(29)25-20(26)30)6-10(8-24-17)15(27)13-7-12(21)5-11(16(13)28)9-31-19-22-3-2-4-23-19/h2-8,28H,9H2,1H3,(H,25,29,30). The van der Waals surface area contributed by atoms with Gasteiger partial charge < -0.3 is 5.11 Å². The summed E-state index contributed by atoms with van der Waals surface area (Å²) < 4.78 is 1.17. The zero-order chi connectivity index (χ0) is 22.1. The first kappa shape index (κ1) is 20.8. The molecule has 0 spiro atoms. The van der Waals surface area contributed by atoms with Crippen molar-refractivity contribution in [3.05, 3.63) is 85.4 Å². The maximum absolute atomic E-state index is 13.1. The van der Waals surface area contributed by atoms with E-state index in [1.807, 2.05) is 0 Å². The lowest BCUT2D eigenvalue weighted by atomic mass is 10.0. The average molecular weight is 456 g/mol. The number of phenols is 1. The van der Waals surface area contributed by atoms with Gasteiger partial charge in [-0.25, -0.2) is 19.7 Å². The molecule has 0 aliphatic heterocycles. The van der Waals surface area contributed by atoms with Crippen molar-refractivity contribution >= 4 is 40.2 Å². The molecule has 0 saturated carbocycles. The molecule has 0 unspecified atom stereocenters. The molecule has 0 aliphatic carbocycles. The van der Waals surface area contributed by atoms with E-state index >= 15 is 0 Å². The predicted molar refractivity (Wildman–Crippen MR) is 116 cm³/mol. The highest BCUT2D eigenvalue weighted by atomic mass is 35.5. The van der Waals surface area contributed by atoms with E-state index < -0.39 is 17.0 Å². The van der Waals surface area contributed by atoms with Gasteiger partial charge in [0.05, 0.1) is 10.9 Å². The summed E-state index contributed by atoms with van der Waals surface area (Å²) in [5.74, 6) is -0.508. The summed E-state index contributed by atoms with van der Waals surface area (Å²) in [5, 5.41) is 11.6.